The van der Waals surface area contributed by atoms with E-state index in [4.69, 9.17) is 9.26 Å². The molecule has 7 heteroatoms. The van der Waals surface area contributed by atoms with Gasteiger partial charge >= 0.3 is 0 Å². The van der Waals surface area contributed by atoms with Crippen LogP contribution in [-0.4, -0.2) is 34.2 Å². The van der Waals surface area contributed by atoms with Gasteiger partial charge in [0.25, 0.3) is 5.91 Å². The summed E-state index contributed by atoms with van der Waals surface area (Å²) >= 11 is 1.46. The average Bonchev–Trinajstić information content (AvgIpc) is 3.43. The van der Waals surface area contributed by atoms with Crippen LogP contribution in [0.15, 0.2) is 44.8 Å². The lowest BCUT2D eigenvalue weighted by Gasteiger charge is -2.39. The van der Waals surface area contributed by atoms with Crippen LogP contribution in [0.1, 0.15) is 48.8 Å². The Morgan fingerprint density at radius 1 is 1.28 bits per heavy atom. The first-order valence-corrected chi connectivity index (χ1v) is 10.9. The Labute approximate surface area is 174 Å². The average molecular weight is 410 g/mol. The zero-order chi connectivity index (χ0) is 20.0. The van der Waals surface area contributed by atoms with Gasteiger partial charge in [-0.3, -0.25) is 4.79 Å². The molecule has 3 aliphatic rings. The van der Waals surface area contributed by atoms with E-state index in [1.165, 1.54) is 22.9 Å². The standard InChI is InChI=1S/C22H23N3O3S/c1-3-16(18-12-14(2)28-24-18)19-20(26)23-21(29-19)25-10-8-22(9-11-25)17-7-5-4-6-15(17)13-27-22/h4-7,12H,3,8-11,13H2,1-2H3/b19-16-. The fraction of sp³-hybridized carbons (Fsp3) is 0.409. The van der Waals surface area contributed by atoms with Crippen LogP contribution in [0.4, 0.5) is 0 Å². The normalized spacial score (nSPS) is 22.2. The Balaban J connectivity index is 1.33. The number of likely N-dealkylation sites (tertiary alicyclic amines) is 1. The topological polar surface area (TPSA) is 67.9 Å². The van der Waals surface area contributed by atoms with Gasteiger partial charge in [0.1, 0.15) is 11.5 Å². The minimum atomic E-state index is -0.188. The molecule has 29 heavy (non-hydrogen) atoms. The Bertz CT molecular complexity index is 1030. The highest BCUT2D eigenvalue weighted by Gasteiger charge is 2.43. The van der Waals surface area contributed by atoms with Crippen molar-refractivity contribution < 1.29 is 14.1 Å². The number of hydrogen-bond donors (Lipinski definition) is 0. The summed E-state index contributed by atoms with van der Waals surface area (Å²) in [5, 5.41) is 4.88. The number of amidine groups is 1. The number of carbonyl (C=O) groups excluding carboxylic acids is 1. The van der Waals surface area contributed by atoms with Crippen molar-refractivity contribution in [3.05, 3.63) is 57.8 Å². The van der Waals surface area contributed by atoms with Gasteiger partial charge in [-0.1, -0.05) is 36.3 Å². The summed E-state index contributed by atoms with van der Waals surface area (Å²) in [6, 6.07) is 10.4. The fourth-order valence-corrected chi connectivity index (χ4v) is 5.57. The van der Waals surface area contributed by atoms with E-state index in [1.807, 2.05) is 19.9 Å². The van der Waals surface area contributed by atoms with Gasteiger partial charge in [0.15, 0.2) is 5.17 Å². The minimum Gasteiger partial charge on any atom is -0.365 e. The zero-order valence-corrected chi connectivity index (χ0v) is 17.4. The molecule has 2 aromatic rings. The first-order chi connectivity index (χ1) is 14.1. The summed E-state index contributed by atoms with van der Waals surface area (Å²) in [5.41, 5.74) is 4.06. The molecule has 0 unspecified atom stereocenters. The number of fused-ring (bicyclic) bond motifs is 2. The molecule has 0 aliphatic carbocycles. The molecule has 1 aromatic heterocycles. The van der Waals surface area contributed by atoms with Crippen LogP contribution in [-0.2, 0) is 21.7 Å². The number of aryl methyl sites for hydroxylation is 1. The van der Waals surface area contributed by atoms with Crippen molar-refractivity contribution in [1.82, 2.24) is 10.1 Å². The van der Waals surface area contributed by atoms with Crippen LogP contribution < -0.4 is 0 Å². The van der Waals surface area contributed by atoms with Crippen molar-refractivity contribution in [2.24, 2.45) is 4.99 Å². The number of piperidine rings is 1. The molecular weight excluding hydrogens is 386 g/mol. The molecule has 0 atom stereocenters. The Kier molecular flexibility index (Phi) is 4.59. The predicted molar refractivity (Wildman–Crippen MR) is 112 cm³/mol. The number of aliphatic imine (C=N–C) groups is 1. The molecule has 0 radical (unpaired) electrons. The summed E-state index contributed by atoms with van der Waals surface area (Å²) < 4.78 is 11.5. The maximum absolute atomic E-state index is 12.6. The van der Waals surface area contributed by atoms with Crippen LogP contribution in [0.3, 0.4) is 0 Å². The lowest BCUT2D eigenvalue weighted by atomic mass is 9.84. The first kappa shape index (κ1) is 18.6. The number of rotatable bonds is 2. The molecule has 0 N–H and O–H groups in total. The van der Waals surface area contributed by atoms with E-state index in [1.54, 1.807) is 0 Å². The van der Waals surface area contributed by atoms with Gasteiger partial charge in [-0.2, -0.15) is 4.99 Å². The van der Waals surface area contributed by atoms with Crippen LogP contribution >= 0.6 is 11.8 Å². The van der Waals surface area contributed by atoms with Crippen molar-refractivity contribution in [2.45, 2.75) is 45.3 Å². The lowest BCUT2D eigenvalue weighted by Crippen LogP contribution is -2.44. The zero-order valence-electron chi connectivity index (χ0n) is 16.6. The lowest BCUT2D eigenvalue weighted by molar-refractivity contribution is -0.113. The highest BCUT2D eigenvalue weighted by atomic mass is 32.2. The highest BCUT2D eigenvalue weighted by molar-refractivity contribution is 8.18. The van der Waals surface area contributed by atoms with Crippen molar-refractivity contribution in [3.63, 3.8) is 0 Å². The van der Waals surface area contributed by atoms with Crippen molar-refractivity contribution in [3.8, 4) is 0 Å². The van der Waals surface area contributed by atoms with E-state index in [0.717, 1.165) is 48.1 Å². The molecule has 4 heterocycles. The van der Waals surface area contributed by atoms with E-state index < -0.39 is 0 Å². The van der Waals surface area contributed by atoms with Gasteiger partial charge in [-0.25, -0.2) is 0 Å². The molecule has 1 fully saturated rings. The minimum absolute atomic E-state index is 0.176. The number of amides is 1. The Morgan fingerprint density at radius 3 is 2.79 bits per heavy atom. The molecular formula is C22H23N3O3S. The van der Waals surface area contributed by atoms with Gasteiger partial charge in [-0.15, -0.1) is 0 Å². The van der Waals surface area contributed by atoms with Crippen LogP contribution in [0.25, 0.3) is 5.57 Å². The molecule has 6 nitrogen and oxygen atoms in total. The van der Waals surface area contributed by atoms with E-state index in [9.17, 15) is 4.79 Å². The molecule has 1 saturated heterocycles. The predicted octanol–water partition coefficient (Wildman–Crippen LogP) is 4.26. The molecule has 1 amide bonds. The van der Waals surface area contributed by atoms with E-state index in [0.29, 0.717) is 17.9 Å². The van der Waals surface area contributed by atoms with Crippen molar-refractivity contribution in [2.75, 3.05) is 13.1 Å². The summed E-state index contributed by atoms with van der Waals surface area (Å²) in [7, 11) is 0. The second kappa shape index (κ2) is 7.15. The smallest absolute Gasteiger partial charge is 0.286 e. The van der Waals surface area contributed by atoms with Gasteiger partial charge < -0.3 is 14.2 Å². The van der Waals surface area contributed by atoms with Gasteiger partial charge in [0.2, 0.25) is 0 Å². The highest BCUT2D eigenvalue weighted by Crippen LogP contribution is 2.45. The summed E-state index contributed by atoms with van der Waals surface area (Å²) in [4.78, 5) is 19.9. The first-order valence-electron chi connectivity index (χ1n) is 10.0. The fourth-order valence-electron chi connectivity index (χ4n) is 4.45. The summed E-state index contributed by atoms with van der Waals surface area (Å²) in [6.45, 7) is 6.22. The maximum atomic E-state index is 12.6. The van der Waals surface area contributed by atoms with E-state index in [-0.39, 0.29) is 11.5 Å². The molecule has 0 bridgehead atoms. The largest absolute Gasteiger partial charge is 0.365 e. The van der Waals surface area contributed by atoms with Crippen molar-refractivity contribution in [1.29, 1.82) is 0 Å². The van der Waals surface area contributed by atoms with E-state index in [2.05, 4.69) is 39.3 Å². The number of benzene rings is 1. The van der Waals surface area contributed by atoms with Crippen molar-refractivity contribution >= 4 is 28.4 Å². The molecule has 3 aliphatic heterocycles. The number of aromatic nitrogens is 1. The number of allylic oxidation sites excluding steroid dienone is 1. The molecule has 1 spiro atoms. The Morgan fingerprint density at radius 2 is 2.07 bits per heavy atom. The number of nitrogens with zero attached hydrogens (tertiary/aromatic N) is 3. The summed E-state index contributed by atoms with van der Waals surface area (Å²) in [6.07, 6.45) is 2.51. The van der Waals surface area contributed by atoms with Crippen LogP contribution in [0.5, 0.6) is 0 Å². The van der Waals surface area contributed by atoms with Gasteiger partial charge in [0, 0.05) is 24.7 Å². The molecule has 0 saturated carbocycles. The monoisotopic (exact) mass is 409 g/mol. The number of carbonyl (C=O) groups is 1. The molecule has 150 valence electrons. The van der Waals surface area contributed by atoms with Crippen LogP contribution in [0, 0.1) is 6.92 Å². The maximum Gasteiger partial charge on any atom is 0.286 e. The second-order valence-corrected chi connectivity index (χ2v) is 8.69. The number of ether oxygens (including phenoxy) is 1. The number of hydrogen-bond acceptors (Lipinski definition) is 6. The SMILES string of the molecule is CC/C(=C1/SC(N2CCC3(CC2)OCc2ccccc23)=NC1=O)c1cc(C)on1. The summed E-state index contributed by atoms with van der Waals surface area (Å²) in [5.74, 6) is 0.562. The third-order valence-corrected chi connectivity index (χ3v) is 7.16. The van der Waals surface area contributed by atoms with E-state index >= 15 is 0 Å². The molecule has 5 rings (SSSR count). The third-order valence-electron chi connectivity index (χ3n) is 6.00. The second-order valence-electron chi connectivity index (χ2n) is 7.71. The van der Waals surface area contributed by atoms with Gasteiger partial charge in [-0.05, 0) is 49.1 Å². The molecule has 1 aromatic carbocycles. The number of thioether (sulfide) groups is 1. The third kappa shape index (κ3) is 3.13. The Hall–Kier alpha value is -2.38. The quantitative estimate of drug-likeness (QED) is 0.691. The van der Waals surface area contributed by atoms with Crippen LogP contribution in [0.2, 0.25) is 0 Å². The van der Waals surface area contributed by atoms with Gasteiger partial charge in [0.05, 0.1) is 17.1 Å².